The molecule has 1 unspecified atom stereocenters. The molecule has 168 valence electrons. The van der Waals surface area contributed by atoms with Crippen molar-refractivity contribution in [2.45, 2.75) is 83.8 Å². The summed E-state index contributed by atoms with van der Waals surface area (Å²) in [6, 6.07) is 3.78. The first-order chi connectivity index (χ1) is 14.2. The Morgan fingerprint density at radius 2 is 1.83 bits per heavy atom. The Morgan fingerprint density at radius 3 is 2.40 bits per heavy atom. The van der Waals surface area contributed by atoms with Crippen LogP contribution in [0.25, 0.3) is 0 Å². The Balaban J connectivity index is 1.57. The highest BCUT2D eigenvalue weighted by molar-refractivity contribution is 7.18. The average Bonchev–Trinajstić information content (AvgIpc) is 3.14. The van der Waals surface area contributed by atoms with E-state index in [1.54, 1.807) is 12.1 Å². The van der Waals surface area contributed by atoms with Gasteiger partial charge in [0.05, 0.1) is 9.21 Å². The Labute approximate surface area is 189 Å². The number of halogens is 1. The van der Waals surface area contributed by atoms with Crippen LogP contribution in [0.4, 0.5) is 4.79 Å². The number of nitrogens with zero attached hydrogens (tertiary/aromatic N) is 1. The smallest absolute Gasteiger partial charge is 0.410 e. The Morgan fingerprint density at radius 1 is 1.17 bits per heavy atom. The topological polar surface area (TPSA) is 58.6 Å². The van der Waals surface area contributed by atoms with Gasteiger partial charge in [-0.15, -0.1) is 11.3 Å². The molecule has 7 heteroatoms. The van der Waals surface area contributed by atoms with Crippen molar-refractivity contribution < 1.29 is 14.3 Å². The molecule has 1 N–H and O–H groups in total. The second kappa shape index (κ2) is 10.4. The van der Waals surface area contributed by atoms with Crippen LogP contribution in [0.1, 0.15) is 81.8 Å². The molecule has 2 amide bonds. The Hall–Kier alpha value is -1.27. The van der Waals surface area contributed by atoms with Gasteiger partial charge in [-0.25, -0.2) is 4.79 Å². The first-order valence-corrected chi connectivity index (χ1v) is 12.4. The summed E-state index contributed by atoms with van der Waals surface area (Å²) in [5, 5.41) is 3.34. The number of amides is 2. The van der Waals surface area contributed by atoms with Crippen molar-refractivity contribution in [1.82, 2.24) is 10.2 Å². The third kappa shape index (κ3) is 6.88. The molecule has 3 rings (SSSR count). The lowest BCUT2D eigenvalue weighted by molar-refractivity contribution is 0.0174. The second-order valence-electron chi connectivity index (χ2n) is 9.73. The predicted octanol–water partition coefficient (Wildman–Crippen LogP) is 6.12. The summed E-state index contributed by atoms with van der Waals surface area (Å²) in [5.74, 6) is 1.05. The van der Waals surface area contributed by atoms with Crippen LogP contribution in [0, 0.1) is 11.8 Å². The zero-order valence-electron chi connectivity index (χ0n) is 18.4. The number of nitrogens with one attached hydrogen (secondary N) is 1. The van der Waals surface area contributed by atoms with Gasteiger partial charge in [0.2, 0.25) is 0 Å². The molecule has 1 aromatic heterocycles. The van der Waals surface area contributed by atoms with E-state index in [0.717, 1.165) is 32.4 Å². The molecule has 1 aliphatic heterocycles. The molecule has 1 saturated carbocycles. The van der Waals surface area contributed by atoms with Gasteiger partial charge in [-0.05, 0) is 76.8 Å². The van der Waals surface area contributed by atoms with E-state index in [1.807, 2.05) is 25.7 Å². The van der Waals surface area contributed by atoms with Crippen LogP contribution in [-0.2, 0) is 4.74 Å². The second-order valence-corrected chi connectivity index (χ2v) is 11.4. The zero-order valence-corrected chi connectivity index (χ0v) is 20.0. The summed E-state index contributed by atoms with van der Waals surface area (Å²) < 4.78 is 6.16. The van der Waals surface area contributed by atoms with Crippen LogP contribution < -0.4 is 5.32 Å². The highest BCUT2D eigenvalue weighted by atomic mass is 35.5. The van der Waals surface area contributed by atoms with Crippen molar-refractivity contribution >= 4 is 34.9 Å². The van der Waals surface area contributed by atoms with Crippen molar-refractivity contribution in [2.24, 2.45) is 11.8 Å². The number of ether oxygens (including phenoxy) is 1. The summed E-state index contributed by atoms with van der Waals surface area (Å²) >= 11 is 7.35. The summed E-state index contributed by atoms with van der Waals surface area (Å²) in [5.41, 5.74) is -0.463. The third-order valence-corrected chi connectivity index (χ3v) is 7.42. The SMILES string of the molecule is CC(C)(C)OC(=O)N1CCC(CC(NC(=O)c2ccc(Cl)s2)C2CCCCC2)CC1. The van der Waals surface area contributed by atoms with Gasteiger partial charge in [0.25, 0.3) is 5.91 Å². The minimum atomic E-state index is -0.463. The van der Waals surface area contributed by atoms with Crippen LogP contribution in [0.15, 0.2) is 12.1 Å². The van der Waals surface area contributed by atoms with Crippen LogP contribution in [-0.4, -0.2) is 41.6 Å². The molecule has 0 aromatic carbocycles. The average molecular weight is 455 g/mol. The quantitative estimate of drug-likeness (QED) is 0.583. The molecule has 0 bridgehead atoms. The molecule has 1 atom stereocenters. The van der Waals surface area contributed by atoms with Gasteiger partial charge in [-0.2, -0.15) is 0 Å². The molecule has 0 spiro atoms. The molecule has 1 aliphatic carbocycles. The van der Waals surface area contributed by atoms with Gasteiger partial charge < -0.3 is 15.0 Å². The maximum atomic E-state index is 12.8. The van der Waals surface area contributed by atoms with Gasteiger partial charge in [0, 0.05) is 19.1 Å². The van der Waals surface area contributed by atoms with Crippen molar-refractivity contribution in [1.29, 1.82) is 0 Å². The lowest BCUT2D eigenvalue weighted by Crippen LogP contribution is -2.45. The largest absolute Gasteiger partial charge is 0.444 e. The number of carbonyl (C=O) groups excluding carboxylic acids is 2. The van der Waals surface area contributed by atoms with Gasteiger partial charge in [-0.1, -0.05) is 30.9 Å². The molecule has 2 aliphatic rings. The van der Waals surface area contributed by atoms with Crippen LogP contribution in [0.3, 0.4) is 0 Å². The first-order valence-electron chi connectivity index (χ1n) is 11.3. The zero-order chi connectivity index (χ0) is 21.7. The van der Waals surface area contributed by atoms with Gasteiger partial charge in [0.1, 0.15) is 5.60 Å². The minimum absolute atomic E-state index is 0.00587. The summed E-state index contributed by atoms with van der Waals surface area (Å²) in [6.45, 7) is 7.15. The fourth-order valence-corrected chi connectivity index (χ4v) is 5.56. The first kappa shape index (κ1) is 23.4. The normalized spacial score (nSPS) is 20.1. The molecular formula is C23H35ClN2O3S. The molecule has 2 fully saturated rings. The van der Waals surface area contributed by atoms with Crippen LogP contribution in [0.5, 0.6) is 0 Å². The highest BCUT2D eigenvalue weighted by Gasteiger charge is 2.32. The Kier molecular flexibility index (Phi) is 8.08. The van der Waals surface area contributed by atoms with E-state index < -0.39 is 5.60 Å². The predicted molar refractivity (Wildman–Crippen MR) is 122 cm³/mol. The number of likely N-dealkylation sites (tertiary alicyclic amines) is 1. The van der Waals surface area contributed by atoms with Crippen molar-refractivity contribution in [3.8, 4) is 0 Å². The van der Waals surface area contributed by atoms with Crippen molar-refractivity contribution in [2.75, 3.05) is 13.1 Å². The molecular weight excluding hydrogens is 420 g/mol. The summed E-state index contributed by atoms with van der Waals surface area (Å²) in [7, 11) is 0. The number of piperidine rings is 1. The molecule has 1 aromatic rings. The number of hydrogen-bond donors (Lipinski definition) is 1. The lowest BCUT2D eigenvalue weighted by atomic mass is 9.78. The number of carbonyl (C=O) groups is 2. The van der Waals surface area contributed by atoms with Gasteiger partial charge >= 0.3 is 6.09 Å². The molecule has 1 saturated heterocycles. The fourth-order valence-electron chi connectivity index (χ4n) is 4.62. The molecule has 0 radical (unpaired) electrons. The standard InChI is InChI=1S/C23H35ClN2O3S/c1-23(2,3)29-22(28)26-13-11-16(12-14-26)15-18(17-7-5-4-6-8-17)25-21(27)19-9-10-20(24)30-19/h9-10,16-18H,4-8,11-15H2,1-3H3,(H,25,27). The van der Waals surface area contributed by atoms with Gasteiger partial charge in [-0.3, -0.25) is 4.79 Å². The van der Waals surface area contributed by atoms with Crippen LogP contribution in [0.2, 0.25) is 4.34 Å². The summed E-state index contributed by atoms with van der Waals surface area (Å²) in [6.07, 6.45) is 8.86. The lowest BCUT2D eigenvalue weighted by Gasteiger charge is -2.37. The van der Waals surface area contributed by atoms with E-state index in [4.69, 9.17) is 16.3 Å². The van der Waals surface area contributed by atoms with Crippen molar-refractivity contribution in [3.63, 3.8) is 0 Å². The van der Waals surface area contributed by atoms with E-state index in [2.05, 4.69) is 5.32 Å². The van der Waals surface area contributed by atoms with E-state index >= 15 is 0 Å². The molecule has 5 nitrogen and oxygen atoms in total. The van der Waals surface area contributed by atoms with E-state index in [0.29, 0.717) is 21.0 Å². The highest BCUT2D eigenvalue weighted by Crippen LogP contribution is 2.32. The minimum Gasteiger partial charge on any atom is -0.444 e. The molecule has 30 heavy (non-hydrogen) atoms. The maximum absolute atomic E-state index is 12.8. The number of rotatable bonds is 5. The number of thiophene rings is 1. The van der Waals surface area contributed by atoms with E-state index in [-0.39, 0.29) is 18.0 Å². The van der Waals surface area contributed by atoms with Crippen LogP contribution >= 0.6 is 22.9 Å². The van der Waals surface area contributed by atoms with Gasteiger partial charge in [0.15, 0.2) is 0 Å². The maximum Gasteiger partial charge on any atom is 0.410 e. The van der Waals surface area contributed by atoms with E-state index in [9.17, 15) is 9.59 Å². The molecule has 2 heterocycles. The summed E-state index contributed by atoms with van der Waals surface area (Å²) in [4.78, 5) is 27.6. The third-order valence-electron chi connectivity index (χ3n) is 6.19. The fraction of sp³-hybridized carbons (Fsp3) is 0.739. The van der Waals surface area contributed by atoms with Crippen molar-refractivity contribution in [3.05, 3.63) is 21.3 Å². The number of hydrogen-bond acceptors (Lipinski definition) is 4. The van der Waals surface area contributed by atoms with E-state index in [1.165, 1.54) is 43.4 Å². The Bertz CT molecular complexity index is 716. The monoisotopic (exact) mass is 454 g/mol.